The molecule has 0 aromatic rings. The van der Waals surface area contributed by atoms with E-state index in [0.29, 0.717) is 18.4 Å². The Hall–Kier alpha value is -0.500. The number of ether oxygens (including phenoxy) is 1. The van der Waals surface area contributed by atoms with Crippen LogP contribution in [0.1, 0.15) is 12.8 Å². The van der Waals surface area contributed by atoms with Gasteiger partial charge in [-0.25, -0.2) is 4.79 Å². The molecule has 0 radical (unpaired) electrons. The molecular weight excluding hydrogens is 176 g/mol. The summed E-state index contributed by atoms with van der Waals surface area (Å²) in [6.07, 6.45) is 6.90. The SMILES string of the molecule is O=C(Cl)OCC1CC2C=CC1C2. The van der Waals surface area contributed by atoms with E-state index in [1.807, 2.05) is 0 Å². The minimum Gasteiger partial charge on any atom is -0.453 e. The Balaban J connectivity index is 1.83. The fraction of sp³-hybridized carbons (Fsp3) is 0.667. The zero-order chi connectivity index (χ0) is 8.55. The zero-order valence-electron chi connectivity index (χ0n) is 6.70. The standard InChI is InChI=1S/C9H11ClO2/c10-9(11)12-5-8-4-6-1-2-7(8)3-6/h1-2,6-8H,3-5H2. The molecule has 0 N–H and O–H groups in total. The fourth-order valence-corrected chi connectivity index (χ4v) is 2.32. The van der Waals surface area contributed by atoms with Crippen molar-refractivity contribution in [3.05, 3.63) is 12.2 Å². The summed E-state index contributed by atoms with van der Waals surface area (Å²) < 4.78 is 4.77. The molecule has 12 heavy (non-hydrogen) atoms. The van der Waals surface area contributed by atoms with E-state index in [1.165, 1.54) is 6.42 Å². The van der Waals surface area contributed by atoms with Crippen LogP contribution in [-0.4, -0.2) is 12.0 Å². The number of allylic oxidation sites excluding steroid dienone is 2. The van der Waals surface area contributed by atoms with Crippen LogP contribution in [0.3, 0.4) is 0 Å². The Morgan fingerprint density at radius 1 is 1.50 bits per heavy atom. The maximum Gasteiger partial charge on any atom is 0.403 e. The highest BCUT2D eigenvalue weighted by molar-refractivity contribution is 6.61. The van der Waals surface area contributed by atoms with Gasteiger partial charge in [0.05, 0.1) is 6.61 Å². The largest absolute Gasteiger partial charge is 0.453 e. The number of halogens is 1. The highest BCUT2D eigenvalue weighted by atomic mass is 35.5. The Labute approximate surface area is 76.5 Å². The molecular formula is C9H11ClO2. The summed E-state index contributed by atoms with van der Waals surface area (Å²) in [6, 6.07) is 0. The van der Waals surface area contributed by atoms with E-state index in [1.54, 1.807) is 0 Å². The van der Waals surface area contributed by atoms with Gasteiger partial charge < -0.3 is 4.74 Å². The van der Waals surface area contributed by atoms with Gasteiger partial charge in [0.15, 0.2) is 0 Å². The summed E-state index contributed by atoms with van der Waals surface area (Å²) in [4.78, 5) is 10.3. The average molecular weight is 187 g/mol. The lowest BCUT2D eigenvalue weighted by Gasteiger charge is -2.16. The van der Waals surface area contributed by atoms with E-state index in [-0.39, 0.29) is 0 Å². The van der Waals surface area contributed by atoms with Crippen molar-refractivity contribution in [2.75, 3.05) is 6.61 Å². The van der Waals surface area contributed by atoms with Crippen molar-refractivity contribution >= 4 is 17.0 Å². The minimum absolute atomic E-state index is 0.494. The molecule has 3 unspecified atom stereocenters. The number of carbonyl (C=O) groups is 1. The molecule has 0 spiro atoms. The molecule has 0 aliphatic heterocycles. The van der Waals surface area contributed by atoms with E-state index in [0.717, 1.165) is 12.3 Å². The van der Waals surface area contributed by atoms with Crippen LogP contribution in [-0.2, 0) is 4.74 Å². The minimum atomic E-state index is -0.679. The van der Waals surface area contributed by atoms with Gasteiger partial charge in [0.2, 0.25) is 0 Å². The predicted octanol–water partition coefficient (Wildman–Crippen LogP) is 2.57. The monoisotopic (exact) mass is 186 g/mol. The third-order valence-corrected chi connectivity index (χ3v) is 2.94. The van der Waals surface area contributed by atoms with Crippen LogP contribution in [0, 0.1) is 17.8 Å². The molecule has 0 aromatic heterocycles. The zero-order valence-corrected chi connectivity index (χ0v) is 7.46. The molecule has 2 rings (SSSR count). The highest BCUT2D eigenvalue weighted by Gasteiger charge is 2.35. The van der Waals surface area contributed by atoms with Gasteiger partial charge in [0, 0.05) is 11.6 Å². The van der Waals surface area contributed by atoms with Gasteiger partial charge in [0.1, 0.15) is 0 Å². The van der Waals surface area contributed by atoms with Gasteiger partial charge in [-0.05, 0) is 30.6 Å². The molecule has 1 fully saturated rings. The first-order valence-electron chi connectivity index (χ1n) is 4.26. The third kappa shape index (κ3) is 1.48. The van der Waals surface area contributed by atoms with Gasteiger partial charge in [-0.1, -0.05) is 12.2 Å². The smallest absolute Gasteiger partial charge is 0.403 e. The van der Waals surface area contributed by atoms with Crippen molar-refractivity contribution in [3.63, 3.8) is 0 Å². The Morgan fingerprint density at radius 2 is 2.33 bits per heavy atom. The molecule has 2 aliphatic rings. The molecule has 0 saturated heterocycles. The van der Waals surface area contributed by atoms with Gasteiger partial charge in [-0.15, -0.1) is 0 Å². The number of hydrogen-bond donors (Lipinski definition) is 0. The van der Waals surface area contributed by atoms with Gasteiger partial charge in [-0.2, -0.15) is 0 Å². The molecule has 1 saturated carbocycles. The van der Waals surface area contributed by atoms with E-state index >= 15 is 0 Å². The highest BCUT2D eigenvalue weighted by Crippen LogP contribution is 2.43. The van der Waals surface area contributed by atoms with Gasteiger partial charge in [0.25, 0.3) is 0 Å². The van der Waals surface area contributed by atoms with Crippen LogP contribution in [0.15, 0.2) is 12.2 Å². The van der Waals surface area contributed by atoms with E-state index in [4.69, 9.17) is 16.3 Å². The Morgan fingerprint density at radius 3 is 2.83 bits per heavy atom. The number of rotatable bonds is 2. The normalized spacial score (nSPS) is 37.2. The maximum atomic E-state index is 10.3. The van der Waals surface area contributed by atoms with Crippen LogP contribution < -0.4 is 0 Å². The van der Waals surface area contributed by atoms with E-state index < -0.39 is 5.43 Å². The van der Waals surface area contributed by atoms with Crippen molar-refractivity contribution in [2.45, 2.75) is 12.8 Å². The molecule has 3 heteroatoms. The van der Waals surface area contributed by atoms with Crippen LogP contribution in [0.25, 0.3) is 0 Å². The molecule has 3 atom stereocenters. The number of hydrogen-bond acceptors (Lipinski definition) is 2. The summed E-state index contributed by atoms with van der Waals surface area (Å²) >= 11 is 5.08. The van der Waals surface area contributed by atoms with Crippen molar-refractivity contribution in [2.24, 2.45) is 17.8 Å². The first-order chi connectivity index (χ1) is 5.75. The summed E-state index contributed by atoms with van der Waals surface area (Å²) in [5.74, 6) is 1.88. The lowest BCUT2D eigenvalue weighted by atomic mass is 9.95. The summed E-state index contributed by atoms with van der Waals surface area (Å²) in [6.45, 7) is 0.494. The van der Waals surface area contributed by atoms with E-state index in [9.17, 15) is 4.79 Å². The molecule has 0 amide bonds. The molecule has 2 bridgehead atoms. The molecule has 66 valence electrons. The second kappa shape index (κ2) is 3.09. The van der Waals surface area contributed by atoms with Crippen LogP contribution in [0.5, 0.6) is 0 Å². The lowest BCUT2D eigenvalue weighted by molar-refractivity contribution is 0.144. The summed E-state index contributed by atoms with van der Waals surface area (Å²) in [5, 5.41) is 0. The Kier molecular flexibility index (Phi) is 2.09. The molecule has 2 aliphatic carbocycles. The fourth-order valence-electron chi connectivity index (χ4n) is 2.26. The van der Waals surface area contributed by atoms with E-state index in [2.05, 4.69) is 12.2 Å². The van der Waals surface area contributed by atoms with Crippen molar-refractivity contribution in [1.82, 2.24) is 0 Å². The van der Waals surface area contributed by atoms with Crippen molar-refractivity contribution in [3.8, 4) is 0 Å². The van der Waals surface area contributed by atoms with Gasteiger partial charge in [-0.3, -0.25) is 0 Å². The molecule has 0 aromatic carbocycles. The Bertz CT molecular complexity index is 225. The van der Waals surface area contributed by atoms with Crippen LogP contribution in [0.4, 0.5) is 4.79 Å². The molecule has 0 heterocycles. The first kappa shape index (κ1) is 8.11. The van der Waals surface area contributed by atoms with Gasteiger partial charge >= 0.3 is 5.43 Å². The second-order valence-corrected chi connectivity index (χ2v) is 3.90. The number of carbonyl (C=O) groups excluding carboxylic acids is 1. The quantitative estimate of drug-likeness (QED) is 0.490. The summed E-state index contributed by atoms with van der Waals surface area (Å²) in [5.41, 5.74) is -0.679. The average Bonchev–Trinajstić information content (AvgIpc) is 2.60. The maximum absolute atomic E-state index is 10.3. The van der Waals surface area contributed by atoms with Crippen LogP contribution in [0.2, 0.25) is 0 Å². The van der Waals surface area contributed by atoms with Crippen molar-refractivity contribution in [1.29, 1.82) is 0 Å². The summed E-state index contributed by atoms with van der Waals surface area (Å²) in [7, 11) is 0. The lowest BCUT2D eigenvalue weighted by Crippen LogP contribution is -2.15. The first-order valence-corrected chi connectivity index (χ1v) is 4.64. The third-order valence-electron chi connectivity index (χ3n) is 2.83. The number of fused-ring (bicyclic) bond motifs is 2. The van der Waals surface area contributed by atoms with Crippen LogP contribution >= 0.6 is 11.6 Å². The van der Waals surface area contributed by atoms with Crippen molar-refractivity contribution < 1.29 is 9.53 Å². The second-order valence-electron chi connectivity index (χ2n) is 3.59. The predicted molar refractivity (Wildman–Crippen MR) is 46.0 cm³/mol. The topological polar surface area (TPSA) is 26.3 Å². The molecule has 2 nitrogen and oxygen atoms in total.